The van der Waals surface area contributed by atoms with Gasteiger partial charge in [0, 0.05) is 25.0 Å². The first-order valence-electron chi connectivity index (χ1n) is 6.28. The van der Waals surface area contributed by atoms with Crippen LogP contribution in [0.15, 0.2) is 0 Å². The highest BCUT2D eigenvalue weighted by molar-refractivity contribution is 5.84. The summed E-state index contributed by atoms with van der Waals surface area (Å²) in [6.45, 7) is 10.6. The van der Waals surface area contributed by atoms with Crippen molar-refractivity contribution in [2.24, 2.45) is 16.7 Å². The van der Waals surface area contributed by atoms with Crippen LogP contribution in [0, 0.1) is 16.7 Å². The molecule has 1 N–H and O–H groups in total. The highest BCUT2D eigenvalue weighted by atomic mass is 16.2. The van der Waals surface area contributed by atoms with Crippen molar-refractivity contribution >= 4 is 5.91 Å². The van der Waals surface area contributed by atoms with Gasteiger partial charge in [-0.1, -0.05) is 27.7 Å². The fourth-order valence-electron chi connectivity index (χ4n) is 3.19. The molecule has 1 unspecified atom stereocenters. The Labute approximate surface area is 98.6 Å². The van der Waals surface area contributed by atoms with Gasteiger partial charge in [0.05, 0.1) is 0 Å². The Morgan fingerprint density at radius 2 is 1.81 bits per heavy atom. The summed E-state index contributed by atoms with van der Waals surface area (Å²) in [6.07, 6.45) is 1.09. The second-order valence-electron chi connectivity index (χ2n) is 6.43. The van der Waals surface area contributed by atoms with E-state index < -0.39 is 0 Å². The van der Waals surface area contributed by atoms with Crippen LogP contribution in [0.3, 0.4) is 0 Å². The monoisotopic (exact) mass is 224 g/mol. The van der Waals surface area contributed by atoms with Gasteiger partial charge in [-0.3, -0.25) is 4.79 Å². The van der Waals surface area contributed by atoms with Crippen molar-refractivity contribution in [3.8, 4) is 0 Å². The SMILES string of the molecule is CNC1CCN(C(=O)C2C(C)(C)C2(C)C)C1. The average Bonchev–Trinajstić information content (AvgIpc) is 2.59. The van der Waals surface area contributed by atoms with Crippen LogP contribution in [0.5, 0.6) is 0 Å². The van der Waals surface area contributed by atoms with Crippen LogP contribution >= 0.6 is 0 Å². The second kappa shape index (κ2) is 3.46. The zero-order valence-corrected chi connectivity index (χ0v) is 11.1. The first kappa shape index (κ1) is 11.9. The Morgan fingerprint density at radius 1 is 1.25 bits per heavy atom. The lowest BCUT2D eigenvalue weighted by atomic mass is 10.0. The van der Waals surface area contributed by atoms with E-state index in [1.165, 1.54) is 0 Å². The van der Waals surface area contributed by atoms with Crippen molar-refractivity contribution in [2.45, 2.75) is 40.2 Å². The van der Waals surface area contributed by atoms with Gasteiger partial charge >= 0.3 is 0 Å². The minimum atomic E-state index is 0.168. The maximum atomic E-state index is 12.4. The predicted octanol–water partition coefficient (Wildman–Crippen LogP) is 1.49. The largest absolute Gasteiger partial charge is 0.341 e. The summed E-state index contributed by atoms with van der Waals surface area (Å²) in [5.74, 6) is 0.586. The number of carbonyl (C=O) groups is 1. The molecule has 1 heterocycles. The number of amides is 1. The molecule has 1 aliphatic heterocycles. The summed E-state index contributed by atoms with van der Waals surface area (Å²) in [5, 5.41) is 3.26. The number of nitrogens with zero attached hydrogens (tertiary/aromatic N) is 1. The molecule has 16 heavy (non-hydrogen) atoms. The van der Waals surface area contributed by atoms with E-state index in [1.54, 1.807) is 0 Å². The molecule has 1 aliphatic carbocycles. The molecular weight excluding hydrogens is 200 g/mol. The minimum absolute atomic E-state index is 0.168. The van der Waals surface area contributed by atoms with Gasteiger partial charge in [-0.2, -0.15) is 0 Å². The van der Waals surface area contributed by atoms with E-state index in [9.17, 15) is 4.79 Å². The number of hydrogen-bond acceptors (Lipinski definition) is 2. The second-order valence-corrected chi connectivity index (χ2v) is 6.43. The molecule has 0 bridgehead atoms. The van der Waals surface area contributed by atoms with Crippen molar-refractivity contribution in [3.63, 3.8) is 0 Å². The van der Waals surface area contributed by atoms with Gasteiger partial charge < -0.3 is 10.2 Å². The molecule has 0 radical (unpaired) electrons. The summed E-state index contributed by atoms with van der Waals surface area (Å²) in [6, 6.07) is 0.494. The van der Waals surface area contributed by atoms with Crippen LogP contribution in [0.25, 0.3) is 0 Å². The molecule has 0 aromatic rings. The third-order valence-corrected chi connectivity index (χ3v) is 5.18. The van der Waals surface area contributed by atoms with Crippen molar-refractivity contribution < 1.29 is 4.79 Å². The smallest absolute Gasteiger partial charge is 0.226 e. The Bertz CT molecular complexity index is 295. The molecular formula is C13H24N2O. The molecule has 1 saturated carbocycles. The van der Waals surface area contributed by atoms with Crippen LogP contribution < -0.4 is 5.32 Å². The molecule has 0 spiro atoms. The van der Waals surface area contributed by atoms with Gasteiger partial charge in [0.25, 0.3) is 0 Å². The molecule has 92 valence electrons. The van der Waals surface area contributed by atoms with Crippen LogP contribution in [0.2, 0.25) is 0 Å². The maximum absolute atomic E-state index is 12.4. The van der Waals surface area contributed by atoms with E-state index in [2.05, 4.69) is 33.0 Å². The number of likely N-dealkylation sites (tertiary alicyclic amines) is 1. The molecule has 0 aromatic carbocycles. The number of nitrogens with one attached hydrogen (secondary N) is 1. The molecule has 0 aromatic heterocycles. The van der Waals surface area contributed by atoms with Gasteiger partial charge in [-0.15, -0.1) is 0 Å². The quantitative estimate of drug-likeness (QED) is 0.770. The Hall–Kier alpha value is -0.570. The molecule has 1 amide bonds. The summed E-state index contributed by atoms with van der Waals surface area (Å²) >= 11 is 0. The van der Waals surface area contributed by atoms with Gasteiger partial charge in [-0.25, -0.2) is 0 Å². The van der Waals surface area contributed by atoms with Crippen molar-refractivity contribution in [2.75, 3.05) is 20.1 Å². The zero-order valence-electron chi connectivity index (χ0n) is 11.1. The minimum Gasteiger partial charge on any atom is -0.341 e. The fraction of sp³-hybridized carbons (Fsp3) is 0.923. The normalized spacial score (nSPS) is 31.8. The van der Waals surface area contributed by atoms with Crippen LogP contribution in [-0.2, 0) is 4.79 Å². The Balaban J connectivity index is 2.01. The first-order chi connectivity index (χ1) is 7.32. The fourth-order valence-corrected chi connectivity index (χ4v) is 3.19. The molecule has 1 saturated heterocycles. The molecule has 2 fully saturated rings. The van der Waals surface area contributed by atoms with Crippen LogP contribution in [0.1, 0.15) is 34.1 Å². The standard InChI is InChI=1S/C13H24N2O/c1-12(2)10(13(12,3)4)11(16)15-7-6-9(8-15)14-5/h9-10,14H,6-8H2,1-5H3. The van der Waals surface area contributed by atoms with Crippen molar-refractivity contribution in [3.05, 3.63) is 0 Å². The van der Waals surface area contributed by atoms with Gasteiger partial charge in [0.15, 0.2) is 0 Å². The van der Waals surface area contributed by atoms with E-state index in [0.29, 0.717) is 11.9 Å². The summed E-state index contributed by atoms with van der Waals surface area (Å²) in [5.41, 5.74) is 0.337. The first-order valence-corrected chi connectivity index (χ1v) is 6.28. The van der Waals surface area contributed by atoms with E-state index in [1.807, 2.05) is 11.9 Å². The third kappa shape index (κ3) is 1.48. The zero-order chi connectivity index (χ0) is 12.1. The van der Waals surface area contributed by atoms with E-state index in [0.717, 1.165) is 19.5 Å². The molecule has 3 nitrogen and oxygen atoms in total. The topological polar surface area (TPSA) is 32.3 Å². The molecule has 1 atom stereocenters. The van der Waals surface area contributed by atoms with Crippen LogP contribution in [-0.4, -0.2) is 37.0 Å². The lowest BCUT2D eigenvalue weighted by Gasteiger charge is -2.17. The summed E-state index contributed by atoms with van der Waals surface area (Å²) in [4.78, 5) is 14.4. The van der Waals surface area contributed by atoms with Crippen LogP contribution in [0.4, 0.5) is 0 Å². The molecule has 2 aliphatic rings. The molecule has 3 heteroatoms. The number of rotatable bonds is 2. The average molecular weight is 224 g/mol. The Morgan fingerprint density at radius 3 is 2.19 bits per heavy atom. The highest BCUT2D eigenvalue weighted by Crippen LogP contribution is 2.68. The van der Waals surface area contributed by atoms with Gasteiger partial charge in [0.1, 0.15) is 0 Å². The third-order valence-electron chi connectivity index (χ3n) is 5.18. The highest BCUT2D eigenvalue weighted by Gasteiger charge is 2.68. The van der Waals surface area contributed by atoms with E-state index in [4.69, 9.17) is 0 Å². The van der Waals surface area contributed by atoms with E-state index in [-0.39, 0.29) is 16.7 Å². The number of hydrogen-bond donors (Lipinski definition) is 1. The Kier molecular flexibility index (Phi) is 2.57. The van der Waals surface area contributed by atoms with Gasteiger partial charge in [0.2, 0.25) is 5.91 Å². The van der Waals surface area contributed by atoms with Crippen molar-refractivity contribution in [1.82, 2.24) is 10.2 Å². The van der Waals surface area contributed by atoms with Crippen molar-refractivity contribution in [1.29, 1.82) is 0 Å². The summed E-state index contributed by atoms with van der Waals surface area (Å²) < 4.78 is 0. The van der Waals surface area contributed by atoms with Gasteiger partial charge in [-0.05, 0) is 24.3 Å². The molecule has 2 rings (SSSR count). The predicted molar refractivity (Wildman–Crippen MR) is 65.1 cm³/mol. The lowest BCUT2D eigenvalue weighted by molar-refractivity contribution is -0.132. The van der Waals surface area contributed by atoms with E-state index >= 15 is 0 Å². The maximum Gasteiger partial charge on any atom is 0.226 e. The number of likely N-dealkylation sites (N-methyl/N-ethyl adjacent to an activating group) is 1. The summed E-state index contributed by atoms with van der Waals surface area (Å²) in [7, 11) is 1.98. The number of carbonyl (C=O) groups excluding carboxylic acids is 1. The lowest BCUT2D eigenvalue weighted by Crippen LogP contribution is -2.35.